The van der Waals surface area contributed by atoms with Crippen molar-refractivity contribution in [3.05, 3.63) is 101 Å². The summed E-state index contributed by atoms with van der Waals surface area (Å²) in [5.74, 6) is -0.0412. The Morgan fingerprint density at radius 3 is 2.61 bits per heavy atom. The Hall–Kier alpha value is -4.36. The highest BCUT2D eigenvalue weighted by Gasteiger charge is 2.30. The summed E-state index contributed by atoms with van der Waals surface area (Å²) in [4.78, 5) is 35.4. The lowest BCUT2D eigenvalue weighted by molar-refractivity contribution is -0.111. The van der Waals surface area contributed by atoms with E-state index in [2.05, 4.69) is 27.2 Å². The second-order valence-corrected chi connectivity index (χ2v) is 9.00. The molecule has 0 saturated carbocycles. The summed E-state index contributed by atoms with van der Waals surface area (Å²) in [7, 11) is 1.80. The Bertz CT molecular complexity index is 1460. The number of nitrogens with one attached hydrogen (secondary N) is 3. The van der Waals surface area contributed by atoms with Crippen LogP contribution in [-0.2, 0) is 11.2 Å². The van der Waals surface area contributed by atoms with Gasteiger partial charge in [-0.05, 0) is 42.0 Å². The normalized spacial score (nSPS) is 12.7. The lowest BCUT2D eigenvalue weighted by Gasteiger charge is -2.23. The Kier molecular flexibility index (Phi) is 6.31. The van der Waals surface area contributed by atoms with Crippen LogP contribution in [0.5, 0.6) is 0 Å². The number of benzene rings is 2. The molecule has 0 bridgehead atoms. The molecule has 0 radical (unpaired) electrons. The van der Waals surface area contributed by atoms with Crippen LogP contribution in [0.15, 0.2) is 79.5 Å². The number of rotatable bonds is 6. The summed E-state index contributed by atoms with van der Waals surface area (Å²) in [5.41, 5.74) is 5.57. The predicted octanol–water partition coefficient (Wildman–Crippen LogP) is 5.75. The van der Waals surface area contributed by atoms with Gasteiger partial charge >= 0.3 is 0 Å². The summed E-state index contributed by atoms with van der Waals surface area (Å²) in [6.45, 7) is 4.55. The standard InChI is InChI=1S/C28H24ClN5O2/c1-17(18-8-10-20(29)11-9-18)27(35)33-23-16-19(12-14-30-23)25-26(31-21-6-4-3-5-7-21)24-22(32-25)13-15-34(2)28(24)36/h3-12,14,16,31-32H,1,13,15H2,2H3,(H,30,33,35). The van der Waals surface area contributed by atoms with E-state index in [1.165, 1.54) is 0 Å². The average Bonchev–Trinajstić information content (AvgIpc) is 3.26. The van der Waals surface area contributed by atoms with Gasteiger partial charge in [-0.25, -0.2) is 4.98 Å². The molecule has 1 aliphatic rings. The molecule has 2 aromatic carbocycles. The number of nitrogens with zero attached hydrogens (tertiary/aromatic N) is 2. The molecule has 3 N–H and O–H groups in total. The fourth-order valence-electron chi connectivity index (χ4n) is 4.18. The summed E-state index contributed by atoms with van der Waals surface area (Å²) in [6.07, 6.45) is 2.34. The molecule has 0 saturated heterocycles. The number of fused-ring (bicyclic) bond motifs is 1. The number of hydrogen-bond donors (Lipinski definition) is 3. The smallest absolute Gasteiger partial charge is 0.257 e. The highest BCUT2D eigenvalue weighted by atomic mass is 35.5. The molecule has 8 heteroatoms. The molecule has 0 unspecified atom stereocenters. The lowest BCUT2D eigenvalue weighted by atomic mass is 10.0. The molecule has 7 nitrogen and oxygen atoms in total. The van der Waals surface area contributed by atoms with Crippen LogP contribution in [-0.4, -0.2) is 40.3 Å². The first-order valence-electron chi connectivity index (χ1n) is 11.5. The number of likely N-dealkylation sites (N-methyl/N-ethyl adjacent to an activating group) is 1. The second kappa shape index (κ2) is 9.71. The van der Waals surface area contributed by atoms with Gasteiger partial charge in [-0.2, -0.15) is 0 Å². The van der Waals surface area contributed by atoms with E-state index < -0.39 is 0 Å². The molecule has 3 heterocycles. The molecule has 36 heavy (non-hydrogen) atoms. The SMILES string of the molecule is C=C(C(=O)Nc1cc(-c2[nH]c3c(c2Nc2ccccc2)C(=O)N(C)CC3)ccn1)c1ccc(Cl)cc1. The number of H-pyrrole nitrogens is 1. The Labute approximate surface area is 213 Å². The van der Waals surface area contributed by atoms with Crippen LogP contribution < -0.4 is 10.6 Å². The number of anilines is 3. The van der Waals surface area contributed by atoms with Gasteiger partial charge in [0.15, 0.2) is 0 Å². The number of aromatic amines is 1. The maximum atomic E-state index is 13.1. The quantitative estimate of drug-likeness (QED) is 0.296. The van der Waals surface area contributed by atoms with Gasteiger partial charge < -0.3 is 20.5 Å². The highest BCUT2D eigenvalue weighted by Crippen LogP contribution is 2.38. The molecule has 0 aliphatic carbocycles. The molecule has 2 aromatic heterocycles. The van der Waals surface area contributed by atoms with Crippen molar-refractivity contribution in [1.29, 1.82) is 0 Å². The topological polar surface area (TPSA) is 90.1 Å². The number of amides is 2. The van der Waals surface area contributed by atoms with E-state index in [4.69, 9.17) is 11.6 Å². The van der Waals surface area contributed by atoms with Crippen LogP contribution >= 0.6 is 11.6 Å². The van der Waals surface area contributed by atoms with Crippen LogP contribution in [0.25, 0.3) is 16.8 Å². The van der Waals surface area contributed by atoms with E-state index in [0.29, 0.717) is 39.8 Å². The predicted molar refractivity (Wildman–Crippen MR) is 144 cm³/mol. The minimum atomic E-state index is -0.368. The van der Waals surface area contributed by atoms with Crippen molar-refractivity contribution in [2.24, 2.45) is 0 Å². The van der Waals surface area contributed by atoms with Gasteiger partial charge in [0.1, 0.15) is 5.82 Å². The lowest BCUT2D eigenvalue weighted by Crippen LogP contribution is -2.34. The maximum Gasteiger partial charge on any atom is 0.257 e. The van der Waals surface area contributed by atoms with Crippen LogP contribution in [0.2, 0.25) is 5.02 Å². The van der Waals surface area contributed by atoms with Crippen molar-refractivity contribution in [3.63, 3.8) is 0 Å². The molecular weight excluding hydrogens is 474 g/mol. The van der Waals surface area contributed by atoms with E-state index in [-0.39, 0.29) is 11.8 Å². The molecular formula is C28H24ClN5O2. The van der Waals surface area contributed by atoms with Gasteiger partial charge in [-0.15, -0.1) is 0 Å². The number of halogens is 1. The third kappa shape index (κ3) is 4.61. The largest absolute Gasteiger partial charge is 0.356 e. The van der Waals surface area contributed by atoms with Crippen LogP contribution in [0, 0.1) is 0 Å². The van der Waals surface area contributed by atoms with Gasteiger partial charge in [-0.1, -0.05) is 48.5 Å². The van der Waals surface area contributed by atoms with Crippen molar-refractivity contribution in [3.8, 4) is 11.3 Å². The van der Waals surface area contributed by atoms with E-state index in [1.807, 2.05) is 36.4 Å². The number of pyridine rings is 1. The highest BCUT2D eigenvalue weighted by molar-refractivity contribution is 6.31. The fourth-order valence-corrected chi connectivity index (χ4v) is 4.31. The Morgan fingerprint density at radius 2 is 1.86 bits per heavy atom. The summed E-state index contributed by atoms with van der Waals surface area (Å²) >= 11 is 5.95. The first-order chi connectivity index (χ1) is 17.4. The fraction of sp³-hybridized carbons (Fsp3) is 0.107. The average molecular weight is 498 g/mol. The zero-order valence-corrected chi connectivity index (χ0v) is 20.4. The molecule has 0 fully saturated rings. The number of carbonyl (C=O) groups excluding carboxylic acids is 2. The monoisotopic (exact) mass is 497 g/mol. The second-order valence-electron chi connectivity index (χ2n) is 8.57. The van der Waals surface area contributed by atoms with Crippen molar-refractivity contribution in [1.82, 2.24) is 14.9 Å². The van der Waals surface area contributed by atoms with Crippen molar-refractivity contribution < 1.29 is 9.59 Å². The van der Waals surface area contributed by atoms with Crippen LogP contribution in [0.4, 0.5) is 17.2 Å². The molecule has 2 amide bonds. The maximum absolute atomic E-state index is 13.1. The van der Waals surface area contributed by atoms with Crippen molar-refractivity contribution in [2.45, 2.75) is 6.42 Å². The van der Waals surface area contributed by atoms with Crippen molar-refractivity contribution >= 4 is 46.2 Å². The minimum Gasteiger partial charge on any atom is -0.356 e. The van der Waals surface area contributed by atoms with Gasteiger partial charge in [0.25, 0.3) is 11.8 Å². The van der Waals surface area contributed by atoms with E-state index in [1.54, 1.807) is 48.5 Å². The number of aromatic nitrogens is 2. The first kappa shape index (κ1) is 23.4. The Morgan fingerprint density at radius 1 is 1.11 bits per heavy atom. The number of para-hydroxylation sites is 1. The van der Waals surface area contributed by atoms with Gasteiger partial charge in [0.05, 0.1) is 16.9 Å². The number of carbonyl (C=O) groups is 2. The third-order valence-corrected chi connectivity index (χ3v) is 6.39. The zero-order valence-electron chi connectivity index (χ0n) is 19.6. The third-order valence-electron chi connectivity index (χ3n) is 6.14. The summed E-state index contributed by atoms with van der Waals surface area (Å²) in [5, 5.41) is 6.83. The van der Waals surface area contributed by atoms with Crippen LogP contribution in [0.3, 0.4) is 0 Å². The van der Waals surface area contributed by atoms with E-state index in [9.17, 15) is 9.59 Å². The van der Waals surface area contributed by atoms with Gasteiger partial charge in [0.2, 0.25) is 0 Å². The van der Waals surface area contributed by atoms with E-state index >= 15 is 0 Å². The van der Waals surface area contributed by atoms with Gasteiger partial charge in [-0.3, -0.25) is 9.59 Å². The number of hydrogen-bond acceptors (Lipinski definition) is 4. The first-order valence-corrected chi connectivity index (χ1v) is 11.8. The van der Waals surface area contributed by atoms with E-state index in [0.717, 1.165) is 29.1 Å². The molecule has 180 valence electrons. The zero-order chi connectivity index (χ0) is 25.2. The molecule has 5 rings (SSSR count). The summed E-state index contributed by atoms with van der Waals surface area (Å²) in [6, 6.07) is 20.2. The molecule has 4 aromatic rings. The van der Waals surface area contributed by atoms with Crippen LogP contribution in [0.1, 0.15) is 21.6 Å². The Balaban J connectivity index is 1.48. The minimum absolute atomic E-state index is 0.0426. The van der Waals surface area contributed by atoms with Crippen molar-refractivity contribution in [2.75, 3.05) is 24.2 Å². The van der Waals surface area contributed by atoms with Gasteiger partial charge in [0, 0.05) is 53.8 Å². The summed E-state index contributed by atoms with van der Waals surface area (Å²) < 4.78 is 0. The molecule has 1 aliphatic heterocycles. The molecule has 0 atom stereocenters. The molecule has 0 spiro atoms.